The maximum absolute atomic E-state index is 2.95. The van der Waals surface area contributed by atoms with Crippen molar-refractivity contribution in [1.29, 1.82) is 0 Å². The fourth-order valence-electron chi connectivity index (χ4n) is 0.666. The van der Waals surface area contributed by atoms with Crippen molar-refractivity contribution in [2.45, 2.75) is 6.92 Å². The molecule has 0 amide bonds. The minimum absolute atomic E-state index is 0. The molecule has 0 saturated carbocycles. The smallest absolute Gasteiger partial charge is 0.453 e. The summed E-state index contributed by atoms with van der Waals surface area (Å²) in [6.45, 7) is 1.99. The van der Waals surface area contributed by atoms with Gasteiger partial charge in [0.25, 0.3) is 0 Å². The molecule has 0 unspecified atom stereocenters. The quantitative estimate of drug-likeness (QED) is 0.458. The van der Waals surface area contributed by atoms with Gasteiger partial charge in [-0.25, -0.2) is 0 Å². The van der Waals surface area contributed by atoms with Gasteiger partial charge < -0.3 is 27.3 Å². The fourth-order valence-corrected chi connectivity index (χ4v) is 0.666. The number of aromatic amines is 1. The Bertz CT molecular complexity index is 226. The first-order valence-corrected chi connectivity index (χ1v) is 3.28. The Morgan fingerprint density at radius 2 is 1.80 bits per heavy atom. The first-order valence-electron chi connectivity index (χ1n) is 3.28. The number of hydrogen-bond donors (Lipinski definition) is 1. The van der Waals surface area contributed by atoms with E-state index in [4.69, 9.17) is 0 Å². The topological polar surface area (TPSA) is 15.8 Å². The first kappa shape index (κ1) is 29.4. The van der Waals surface area contributed by atoms with Crippen molar-refractivity contribution >= 4 is 6.08 Å². The van der Waals surface area contributed by atoms with Gasteiger partial charge in [0.1, 0.15) is 0 Å². The van der Waals surface area contributed by atoms with Crippen LogP contribution in [0.4, 0.5) is 0 Å². The minimum atomic E-state index is 0. The molecular weight excluding hydrogens is 360 g/mol. The van der Waals surface area contributed by atoms with Crippen molar-refractivity contribution in [2.24, 2.45) is 0 Å². The molecule has 0 aliphatic heterocycles. The molecule has 0 aliphatic carbocycles. The molecule has 15 heavy (non-hydrogen) atoms. The summed E-state index contributed by atoms with van der Waals surface area (Å²) < 4.78 is 0. The largest absolute Gasteiger partial charge is 4.00 e. The molecule has 1 rings (SSSR count). The Labute approximate surface area is 121 Å². The molecule has 88 valence electrons. The van der Waals surface area contributed by atoms with Crippen LogP contribution in [0.25, 0.3) is 6.08 Å². The van der Waals surface area contributed by atoms with E-state index >= 15 is 0 Å². The zero-order chi connectivity index (χ0) is 7.23. The predicted molar refractivity (Wildman–Crippen MR) is 62.7 cm³/mol. The molecular formula is C12H19NRu2. The number of rotatable bonds is 2. The molecule has 0 aliphatic rings. The molecule has 1 aromatic heterocycles. The molecule has 0 fully saturated rings. The second-order valence-corrected chi connectivity index (χ2v) is 1.94. The molecule has 0 saturated heterocycles. The zero-order valence-electron chi connectivity index (χ0n) is 9.67. The van der Waals surface area contributed by atoms with Gasteiger partial charge in [-0.05, 0) is 6.92 Å². The zero-order valence-corrected chi connectivity index (χ0v) is 13.1. The van der Waals surface area contributed by atoms with Crippen LogP contribution in [0.1, 0.15) is 12.5 Å². The first-order chi connectivity index (χ1) is 4.93. The van der Waals surface area contributed by atoms with Crippen molar-refractivity contribution < 1.29 is 39.0 Å². The summed E-state index contributed by atoms with van der Waals surface area (Å²) in [6.07, 6.45) is 12.8. The van der Waals surface area contributed by atoms with E-state index < -0.39 is 0 Å². The second-order valence-electron chi connectivity index (χ2n) is 1.94. The monoisotopic (exact) mass is 381 g/mol. The van der Waals surface area contributed by atoms with Crippen molar-refractivity contribution in [3.63, 3.8) is 0 Å². The van der Waals surface area contributed by atoms with E-state index in [0.717, 1.165) is 5.56 Å². The average Bonchev–Trinajstić information content (AvgIpc) is 2.41. The summed E-state index contributed by atoms with van der Waals surface area (Å²) in [5.41, 5.74) is 1.08. The third-order valence-corrected chi connectivity index (χ3v) is 1.14. The van der Waals surface area contributed by atoms with Gasteiger partial charge in [-0.15, -0.1) is 23.9 Å². The Kier molecular flexibility index (Phi) is 38.3. The molecule has 0 atom stereocenters. The van der Waals surface area contributed by atoms with Gasteiger partial charge in [0.15, 0.2) is 0 Å². The van der Waals surface area contributed by atoms with Gasteiger partial charge in [-0.2, -0.15) is 6.07 Å². The van der Waals surface area contributed by atoms with E-state index in [0.29, 0.717) is 0 Å². The number of H-pyrrole nitrogens is 1. The number of nitrogens with one attached hydrogen (secondary N) is 1. The number of hydrogen-bond acceptors (Lipinski definition) is 0. The summed E-state index contributed by atoms with van der Waals surface area (Å²) in [4.78, 5) is 2.86. The Hall–Kier alpha value is 0.00675. The van der Waals surface area contributed by atoms with Crippen molar-refractivity contribution in [1.82, 2.24) is 4.98 Å². The van der Waals surface area contributed by atoms with E-state index in [1.54, 1.807) is 0 Å². The van der Waals surface area contributed by atoms with Crippen LogP contribution in [-0.2, 0) is 39.0 Å². The molecule has 1 nitrogen and oxygen atoms in total. The van der Waals surface area contributed by atoms with Gasteiger partial charge in [0.2, 0.25) is 0 Å². The van der Waals surface area contributed by atoms with Crippen LogP contribution in [0.2, 0.25) is 0 Å². The molecule has 0 spiro atoms. The summed E-state index contributed by atoms with van der Waals surface area (Å²) in [6, 6.07) is 1.97. The molecule has 1 N–H and O–H groups in total. The van der Waals surface area contributed by atoms with E-state index in [-0.39, 0.29) is 61.2 Å². The molecule has 0 bridgehead atoms. The Balaban J connectivity index is -0.0000000667. The molecule has 1 aromatic rings. The van der Waals surface area contributed by atoms with Crippen LogP contribution < -0.4 is 0 Å². The van der Waals surface area contributed by atoms with Crippen molar-refractivity contribution in [2.75, 3.05) is 0 Å². The maximum atomic E-state index is 2.95. The number of allylic oxidation sites excluding steroid dienone is 3. The minimum Gasteiger partial charge on any atom is -0.453 e. The van der Waals surface area contributed by atoms with Gasteiger partial charge in [0, 0.05) is 19.5 Å². The Morgan fingerprint density at radius 1 is 1.20 bits per heavy atom. The van der Waals surface area contributed by atoms with Crippen LogP contribution in [0.5, 0.6) is 0 Å². The SMILES string of the molecule is CC=CC=Cc1[c-][nH]cc1.[CH3-].[CH3-].[CH3-].[Ru+4].[Ru]. The summed E-state index contributed by atoms with van der Waals surface area (Å²) in [5, 5.41) is 0. The number of aromatic nitrogens is 1. The third-order valence-electron chi connectivity index (χ3n) is 1.14. The summed E-state index contributed by atoms with van der Waals surface area (Å²) >= 11 is 0. The van der Waals surface area contributed by atoms with Crippen molar-refractivity contribution in [3.05, 3.63) is 64.5 Å². The van der Waals surface area contributed by atoms with Gasteiger partial charge >= 0.3 is 19.5 Å². The molecule has 0 radical (unpaired) electrons. The Morgan fingerprint density at radius 3 is 2.20 bits per heavy atom. The molecule has 3 heteroatoms. The standard InChI is InChI=1S/C9H10N.3CH3.2Ru/c1-2-3-4-5-9-6-7-10-8-9;;;;;/h2-7,10H,1H3;3*1H3;;/q4*-1;;+4. The van der Waals surface area contributed by atoms with Crippen LogP contribution in [0.3, 0.4) is 0 Å². The van der Waals surface area contributed by atoms with Gasteiger partial charge in [-0.1, -0.05) is 18.3 Å². The van der Waals surface area contributed by atoms with Gasteiger partial charge in [0.05, 0.1) is 0 Å². The summed E-state index contributed by atoms with van der Waals surface area (Å²) in [7, 11) is 0. The average molecular weight is 379 g/mol. The van der Waals surface area contributed by atoms with Crippen LogP contribution in [0, 0.1) is 28.5 Å². The van der Waals surface area contributed by atoms with Gasteiger partial charge in [-0.3, -0.25) is 0 Å². The van der Waals surface area contributed by atoms with E-state index in [9.17, 15) is 0 Å². The molecule has 1 heterocycles. The summed E-state index contributed by atoms with van der Waals surface area (Å²) in [5.74, 6) is 0. The molecule has 0 aromatic carbocycles. The maximum Gasteiger partial charge on any atom is 4.00 e. The van der Waals surface area contributed by atoms with Crippen LogP contribution in [-0.4, -0.2) is 4.98 Å². The van der Waals surface area contributed by atoms with E-state index in [1.807, 2.05) is 43.5 Å². The van der Waals surface area contributed by atoms with Crippen molar-refractivity contribution in [3.8, 4) is 0 Å². The third kappa shape index (κ3) is 14.0. The normalized spacial score (nSPS) is 7.80. The fraction of sp³-hybridized carbons (Fsp3) is 0.0833. The van der Waals surface area contributed by atoms with Crippen LogP contribution >= 0.6 is 0 Å². The van der Waals surface area contributed by atoms with Crippen LogP contribution in [0.15, 0.2) is 30.5 Å². The second kappa shape index (κ2) is 19.6. The van der Waals surface area contributed by atoms with E-state index in [1.165, 1.54) is 0 Å². The van der Waals surface area contributed by atoms with E-state index in [2.05, 4.69) is 11.2 Å². The predicted octanol–water partition coefficient (Wildman–Crippen LogP) is 3.75.